The maximum absolute atomic E-state index is 15.1. The Bertz CT molecular complexity index is 1010. The van der Waals surface area contributed by atoms with E-state index in [0.29, 0.717) is 22.3 Å². The third kappa shape index (κ3) is 4.59. The summed E-state index contributed by atoms with van der Waals surface area (Å²) < 4.78 is 15.1. The topological polar surface area (TPSA) is 29.0 Å². The van der Waals surface area contributed by atoms with Crippen LogP contribution in [0.4, 0.5) is 10.1 Å². The Morgan fingerprint density at radius 1 is 1.03 bits per heavy atom. The lowest BCUT2D eigenvalue weighted by molar-refractivity contribution is 0.414. The molecular formula is C26H29ClFN3. The largest absolute Gasteiger partial charge is 0.368 e. The van der Waals surface area contributed by atoms with Gasteiger partial charge in [0.2, 0.25) is 0 Å². The van der Waals surface area contributed by atoms with E-state index in [1.54, 1.807) is 12.3 Å². The van der Waals surface area contributed by atoms with E-state index in [9.17, 15) is 0 Å². The summed E-state index contributed by atoms with van der Waals surface area (Å²) >= 11 is 6.81. The predicted molar refractivity (Wildman–Crippen MR) is 127 cm³/mol. The average molecular weight is 438 g/mol. The SMILES string of the molecule is CCCN(c1cc(-c2ccccn2)nc(Cl)c1-c1c(C)cccc1F)C1CCCCC1. The lowest BCUT2D eigenvalue weighted by atomic mass is 9.92. The fourth-order valence-electron chi connectivity index (χ4n) is 4.69. The Labute approximate surface area is 189 Å². The molecule has 1 aliphatic carbocycles. The lowest BCUT2D eigenvalue weighted by Crippen LogP contribution is -2.38. The zero-order chi connectivity index (χ0) is 21.8. The molecule has 1 saturated carbocycles. The van der Waals surface area contributed by atoms with E-state index in [4.69, 9.17) is 11.6 Å². The van der Waals surface area contributed by atoms with E-state index in [1.165, 1.54) is 25.3 Å². The van der Waals surface area contributed by atoms with Crippen LogP contribution in [-0.2, 0) is 0 Å². The molecular weight excluding hydrogens is 409 g/mol. The van der Waals surface area contributed by atoms with Gasteiger partial charge < -0.3 is 4.90 Å². The van der Waals surface area contributed by atoms with Gasteiger partial charge in [-0.15, -0.1) is 0 Å². The molecule has 1 aliphatic rings. The Balaban J connectivity index is 1.95. The van der Waals surface area contributed by atoms with Gasteiger partial charge in [-0.25, -0.2) is 9.37 Å². The minimum Gasteiger partial charge on any atom is -0.368 e. The first-order valence-electron chi connectivity index (χ1n) is 11.2. The predicted octanol–water partition coefficient (Wildman–Crippen LogP) is 7.46. The first kappa shape index (κ1) is 21.8. The van der Waals surface area contributed by atoms with E-state index in [-0.39, 0.29) is 5.82 Å². The minimum absolute atomic E-state index is 0.268. The van der Waals surface area contributed by atoms with Crippen molar-refractivity contribution in [1.82, 2.24) is 9.97 Å². The second kappa shape index (κ2) is 9.78. The number of benzene rings is 1. The van der Waals surface area contributed by atoms with Crippen LogP contribution in [-0.4, -0.2) is 22.6 Å². The molecule has 0 spiro atoms. The number of rotatable bonds is 6. The van der Waals surface area contributed by atoms with Crippen LogP contribution in [0, 0.1) is 12.7 Å². The van der Waals surface area contributed by atoms with Gasteiger partial charge in [0, 0.05) is 29.9 Å². The van der Waals surface area contributed by atoms with Crippen molar-refractivity contribution in [3.63, 3.8) is 0 Å². The normalized spacial score (nSPS) is 14.6. The number of anilines is 1. The zero-order valence-corrected chi connectivity index (χ0v) is 19.0. The van der Waals surface area contributed by atoms with Crippen molar-refractivity contribution in [3.05, 3.63) is 65.2 Å². The number of hydrogen-bond donors (Lipinski definition) is 0. The van der Waals surface area contributed by atoms with Crippen molar-refractivity contribution < 1.29 is 4.39 Å². The average Bonchev–Trinajstić information content (AvgIpc) is 2.79. The zero-order valence-electron chi connectivity index (χ0n) is 18.2. The van der Waals surface area contributed by atoms with Crippen molar-refractivity contribution in [2.75, 3.05) is 11.4 Å². The van der Waals surface area contributed by atoms with Crippen LogP contribution in [0.2, 0.25) is 5.15 Å². The Morgan fingerprint density at radius 2 is 1.84 bits per heavy atom. The van der Waals surface area contributed by atoms with Gasteiger partial charge in [0.15, 0.2) is 0 Å². The number of pyridine rings is 2. The quantitative estimate of drug-likeness (QED) is 0.374. The summed E-state index contributed by atoms with van der Waals surface area (Å²) in [7, 11) is 0. The molecule has 0 atom stereocenters. The summed E-state index contributed by atoms with van der Waals surface area (Å²) in [4.78, 5) is 11.6. The first-order valence-corrected chi connectivity index (χ1v) is 11.6. The molecule has 0 unspecified atom stereocenters. The van der Waals surface area contributed by atoms with Gasteiger partial charge in [-0.3, -0.25) is 4.98 Å². The van der Waals surface area contributed by atoms with Crippen LogP contribution in [0.15, 0.2) is 48.7 Å². The summed E-state index contributed by atoms with van der Waals surface area (Å²) in [5.41, 5.74) is 4.53. The highest BCUT2D eigenvalue weighted by Crippen LogP contribution is 2.43. The molecule has 31 heavy (non-hydrogen) atoms. The smallest absolute Gasteiger partial charge is 0.139 e. The Kier molecular flexibility index (Phi) is 6.86. The molecule has 1 fully saturated rings. The van der Waals surface area contributed by atoms with Gasteiger partial charge in [0.05, 0.1) is 17.1 Å². The molecule has 5 heteroatoms. The van der Waals surface area contributed by atoms with Gasteiger partial charge in [-0.1, -0.05) is 56.0 Å². The summed E-state index contributed by atoms with van der Waals surface area (Å²) in [6.45, 7) is 5.01. The van der Waals surface area contributed by atoms with Gasteiger partial charge in [0.25, 0.3) is 0 Å². The molecule has 3 aromatic rings. The maximum atomic E-state index is 15.1. The molecule has 2 aromatic heterocycles. The van der Waals surface area contributed by atoms with Crippen molar-refractivity contribution in [2.45, 2.75) is 58.4 Å². The fourth-order valence-corrected chi connectivity index (χ4v) is 4.97. The van der Waals surface area contributed by atoms with Crippen LogP contribution >= 0.6 is 11.6 Å². The van der Waals surface area contributed by atoms with E-state index >= 15 is 4.39 Å². The number of halogens is 2. The van der Waals surface area contributed by atoms with Crippen LogP contribution in [0.25, 0.3) is 22.5 Å². The van der Waals surface area contributed by atoms with Crippen molar-refractivity contribution >= 4 is 17.3 Å². The fraction of sp³-hybridized carbons (Fsp3) is 0.385. The molecule has 162 valence electrons. The van der Waals surface area contributed by atoms with Crippen molar-refractivity contribution in [2.24, 2.45) is 0 Å². The molecule has 0 saturated heterocycles. The lowest BCUT2D eigenvalue weighted by Gasteiger charge is -2.37. The molecule has 0 radical (unpaired) electrons. The highest BCUT2D eigenvalue weighted by Gasteiger charge is 2.27. The molecule has 0 bridgehead atoms. The number of hydrogen-bond acceptors (Lipinski definition) is 3. The number of nitrogens with zero attached hydrogens (tertiary/aromatic N) is 3. The summed E-state index contributed by atoms with van der Waals surface area (Å²) in [6, 6.07) is 13.4. The third-order valence-electron chi connectivity index (χ3n) is 6.14. The molecule has 3 nitrogen and oxygen atoms in total. The number of aromatic nitrogens is 2. The summed E-state index contributed by atoms with van der Waals surface area (Å²) in [6.07, 6.45) is 8.79. The van der Waals surface area contributed by atoms with E-state index in [1.807, 2.05) is 31.2 Å². The molecule has 1 aromatic carbocycles. The summed E-state index contributed by atoms with van der Waals surface area (Å²) in [5.74, 6) is -0.268. The number of aryl methyl sites for hydroxylation is 1. The van der Waals surface area contributed by atoms with E-state index < -0.39 is 0 Å². The van der Waals surface area contributed by atoms with Crippen LogP contribution < -0.4 is 4.90 Å². The molecule has 0 aliphatic heterocycles. The minimum atomic E-state index is -0.268. The van der Waals surface area contributed by atoms with Gasteiger partial charge in [0.1, 0.15) is 11.0 Å². The maximum Gasteiger partial charge on any atom is 0.139 e. The van der Waals surface area contributed by atoms with Crippen LogP contribution in [0.1, 0.15) is 51.0 Å². The first-order chi connectivity index (χ1) is 15.1. The second-order valence-electron chi connectivity index (χ2n) is 8.32. The highest BCUT2D eigenvalue weighted by atomic mass is 35.5. The van der Waals surface area contributed by atoms with Gasteiger partial charge >= 0.3 is 0 Å². The monoisotopic (exact) mass is 437 g/mol. The van der Waals surface area contributed by atoms with E-state index in [0.717, 1.165) is 48.4 Å². The Morgan fingerprint density at radius 3 is 2.52 bits per heavy atom. The van der Waals surface area contributed by atoms with E-state index in [2.05, 4.69) is 27.9 Å². The van der Waals surface area contributed by atoms with Crippen molar-refractivity contribution in [1.29, 1.82) is 0 Å². The van der Waals surface area contributed by atoms with Crippen LogP contribution in [0.5, 0.6) is 0 Å². The Hall–Kier alpha value is -2.46. The standard InChI is InChI=1S/C26H29ClFN3/c1-3-16-31(19-11-5-4-6-12-19)23-17-22(21-14-7-8-15-29-21)30-26(27)25(23)24-18(2)10-9-13-20(24)28/h7-10,13-15,17,19H,3-6,11-12,16H2,1-2H3. The van der Waals surface area contributed by atoms with Crippen LogP contribution in [0.3, 0.4) is 0 Å². The van der Waals surface area contributed by atoms with Crippen molar-refractivity contribution in [3.8, 4) is 22.5 Å². The molecule has 0 N–H and O–H groups in total. The third-order valence-corrected chi connectivity index (χ3v) is 6.42. The van der Waals surface area contributed by atoms with Gasteiger partial charge in [-0.2, -0.15) is 0 Å². The molecule has 4 rings (SSSR count). The molecule has 2 heterocycles. The molecule has 0 amide bonds. The van der Waals surface area contributed by atoms with Gasteiger partial charge in [-0.05, 0) is 56.0 Å². The second-order valence-corrected chi connectivity index (χ2v) is 8.68. The summed E-state index contributed by atoms with van der Waals surface area (Å²) in [5, 5.41) is 0.322. The highest BCUT2D eigenvalue weighted by molar-refractivity contribution is 6.33.